The Bertz CT molecular complexity index is 1950. The number of aromatic nitrogens is 6. The third-order valence-corrected chi connectivity index (χ3v) is 8.55. The van der Waals surface area contributed by atoms with Crippen LogP contribution >= 0.6 is 23.2 Å². The quantitative estimate of drug-likeness (QED) is 0.250. The molecule has 4 heterocycles. The normalized spacial score (nSPS) is 19.2. The first-order valence-electron chi connectivity index (χ1n) is 14.2. The average Bonchev–Trinajstić information content (AvgIpc) is 3.72. The van der Waals surface area contributed by atoms with Gasteiger partial charge in [0.25, 0.3) is 5.56 Å². The van der Waals surface area contributed by atoms with Gasteiger partial charge in [0.1, 0.15) is 22.8 Å². The van der Waals surface area contributed by atoms with E-state index in [1.807, 2.05) is 13.8 Å². The van der Waals surface area contributed by atoms with E-state index in [4.69, 9.17) is 32.9 Å². The maximum atomic E-state index is 15.5. The van der Waals surface area contributed by atoms with Crippen LogP contribution in [0.5, 0.6) is 0 Å². The van der Waals surface area contributed by atoms with Gasteiger partial charge in [0, 0.05) is 46.5 Å². The lowest BCUT2D eigenvalue weighted by molar-refractivity contribution is 0.0636. The van der Waals surface area contributed by atoms with Gasteiger partial charge in [0.2, 0.25) is 0 Å². The van der Waals surface area contributed by atoms with Crippen LogP contribution in [0.1, 0.15) is 64.4 Å². The lowest BCUT2D eigenvalue weighted by Crippen LogP contribution is -2.30. The summed E-state index contributed by atoms with van der Waals surface area (Å²) in [5.41, 5.74) is 2.37. The molecule has 0 saturated carbocycles. The molecule has 0 radical (unpaired) electrons. The topological polar surface area (TPSA) is 129 Å². The first-order chi connectivity index (χ1) is 21.3. The summed E-state index contributed by atoms with van der Waals surface area (Å²) in [6.45, 7) is 9.24. The minimum Gasteiger partial charge on any atom is -0.444 e. The van der Waals surface area contributed by atoms with Gasteiger partial charge in [-0.05, 0) is 73.0 Å². The Morgan fingerprint density at radius 1 is 1.11 bits per heavy atom. The highest BCUT2D eigenvalue weighted by Crippen LogP contribution is 2.44. The number of fused-ring (bicyclic) bond motifs is 1. The predicted octanol–water partition coefficient (Wildman–Crippen LogP) is 6.86. The lowest BCUT2D eigenvalue weighted by atomic mass is 9.88. The molecule has 2 aliphatic heterocycles. The first kappa shape index (κ1) is 30.6. The van der Waals surface area contributed by atoms with Gasteiger partial charge in [0.05, 0.1) is 23.1 Å². The number of aliphatic imine (C=N–C) groups is 1. The number of ether oxygens (including phenoxy) is 1. The Hall–Kier alpha value is -4.42. The third-order valence-electron chi connectivity index (χ3n) is 7.95. The number of hydrogen-bond acceptors (Lipinski definition) is 8. The number of carbonyl (C=O) groups excluding carboxylic acids is 1. The average molecular weight is 652 g/mol. The van der Waals surface area contributed by atoms with Crippen molar-refractivity contribution in [3.8, 4) is 16.9 Å². The van der Waals surface area contributed by atoms with E-state index in [-0.39, 0.29) is 39.7 Å². The second-order valence-electron chi connectivity index (χ2n) is 12.1. The fourth-order valence-electron chi connectivity index (χ4n) is 5.73. The molecule has 0 bridgehead atoms. The molecular formula is C31H29Cl2FN8O3. The summed E-state index contributed by atoms with van der Waals surface area (Å²) < 4.78 is 23.9. The van der Waals surface area contributed by atoms with Crippen LogP contribution in [0, 0.1) is 11.7 Å². The van der Waals surface area contributed by atoms with E-state index in [2.05, 4.69) is 25.8 Å². The largest absolute Gasteiger partial charge is 0.444 e. The number of halogens is 3. The Morgan fingerprint density at radius 2 is 1.89 bits per heavy atom. The number of nitrogens with zero attached hydrogens (tertiary/aromatic N) is 7. The van der Waals surface area contributed by atoms with Crippen molar-refractivity contribution < 1.29 is 13.9 Å². The highest BCUT2D eigenvalue weighted by Gasteiger charge is 2.41. The van der Waals surface area contributed by atoms with Crippen molar-refractivity contribution in [3.63, 3.8) is 0 Å². The number of anilines is 1. The Balaban J connectivity index is 1.28. The number of rotatable bonds is 5. The van der Waals surface area contributed by atoms with Crippen LogP contribution in [0.25, 0.3) is 22.5 Å². The number of nitrogens with one attached hydrogen (secondary N) is 1. The number of hydrogen-bond donors (Lipinski definition) is 1. The number of allylic oxidation sites excluding steroid dienone is 1. The van der Waals surface area contributed by atoms with Crippen molar-refractivity contribution in [2.75, 3.05) is 5.32 Å². The fourth-order valence-corrected chi connectivity index (χ4v) is 6.11. The summed E-state index contributed by atoms with van der Waals surface area (Å²) in [6, 6.07) is 9.36. The molecule has 6 rings (SSSR count). The Morgan fingerprint density at radius 3 is 2.60 bits per heavy atom. The zero-order valence-electron chi connectivity index (χ0n) is 25.0. The van der Waals surface area contributed by atoms with Gasteiger partial charge in [-0.2, -0.15) is 4.68 Å². The molecule has 2 aromatic carbocycles. The van der Waals surface area contributed by atoms with Gasteiger partial charge < -0.3 is 4.74 Å². The van der Waals surface area contributed by atoms with Gasteiger partial charge >= 0.3 is 6.09 Å². The highest BCUT2D eigenvalue weighted by molar-refractivity contribution is 6.34. The molecule has 0 spiro atoms. The smallest absolute Gasteiger partial charge is 0.412 e. The Labute approximate surface area is 267 Å². The van der Waals surface area contributed by atoms with Crippen molar-refractivity contribution >= 4 is 46.3 Å². The molecule has 14 heteroatoms. The molecule has 0 aliphatic carbocycles. The predicted molar refractivity (Wildman–Crippen MR) is 170 cm³/mol. The number of carbonyl (C=O) groups is 1. The zero-order chi connectivity index (χ0) is 32.2. The maximum Gasteiger partial charge on any atom is 0.412 e. The molecule has 0 saturated heterocycles. The zero-order valence-corrected chi connectivity index (χ0v) is 26.6. The summed E-state index contributed by atoms with van der Waals surface area (Å²) >= 11 is 12.7. The number of tetrazole rings is 1. The van der Waals surface area contributed by atoms with Crippen LogP contribution in [0.15, 0.2) is 58.7 Å². The van der Waals surface area contributed by atoms with Crippen molar-refractivity contribution in [1.82, 2.24) is 29.8 Å². The number of amides is 1. The molecule has 232 valence electrons. The van der Waals surface area contributed by atoms with Crippen LogP contribution in [0.4, 0.5) is 14.9 Å². The first-order valence-corrected chi connectivity index (χ1v) is 15.0. The van der Waals surface area contributed by atoms with Crippen LogP contribution in [0.3, 0.4) is 0 Å². The minimum absolute atomic E-state index is 0.0286. The fraction of sp³-hybridized carbons (Fsp3) is 0.323. The summed E-state index contributed by atoms with van der Waals surface area (Å²) in [4.78, 5) is 35.5. The molecule has 4 aromatic rings. The van der Waals surface area contributed by atoms with Gasteiger partial charge in [0.15, 0.2) is 5.82 Å². The summed E-state index contributed by atoms with van der Waals surface area (Å²) in [7, 11) is 0. The molecule has 45 heavy (non-hydrogen) atoms. The molecule has 0 fully saturated rings. The van der Waals surface area contributed by atoms with E-state index >= 15 is 4.39 Å². The third kappa shape index (κ3) is 5.75. The molecule has 2 aliphatic rings. The van der Waals surface area contributed by atoms with Gasteiger partial charge in [-0.3, -0.25) is 19.7 Å². The van der Waals surface area contributed by atoms with Crippen molar-refractivity contribution in [2.45, 2.75) is 58.6 Å². The summed E-state index contributed by atoms with van der Waals surface area (Å²) in [5.74, 6) is -0.196. The monoisotopic (exact) mass is 650 g/mol. The highest BCUT2D eigenvalue weighted by atomic mass is 35.5. The van der Waals surface area contributed by atoms with E-state index in [1.165, 1.54) is 23.1 Å². The molecule has 2 aromatic heterocycles. The molecular weight excluding hydrogens is 622 g/mol. The van der Waals surface area contributed by atoms with Gasteiger partial charge in [-0.25, -0.2) is 14.2 Å². The molecule has 1 N–H and O–H groups in total. The van der Waals surface area contributed by atoms with Crippen LogP contribution < -0.4 is 10.9 Å². The summed E-state index contributed by atoms with van der Waals surface area (Å²) in [6.07, 6.45) is 2.61. The van der Waals surface area contributed by atoms with Crippen molar-refractivity contribution in [1.29, 1.82) is 0 Å². The SMILES string of the molecule is C[C@@H]1[C@@H](C2=NC=C(c3ccc(NC(=O)OC(C)(C)C)c(Cl)c3F)C2)n2c(nc(-c3cc(Cl)ccc3-n3cnnn3)cc2=O)[C@@H]1C. The maximum absolute atomic E-state index is 15.5. The molecule has 1 amide bonds. The van der Waals surface area contributed by atoms with Crippen molar-refractivity contribution in [3.05, 3.63) is 86.5 Å². The van der Waals surface area contributed by atoms with Crippen LogP contribution in [-0.2, 0) is 4.74 Å². The van der Waals surface area contributed by atoms with Crippen molar-refractivity contribution in [2.24, 2.45) is 10.9 Å². The minimum atomic E-state index is -0.741. The lowest BCUT2D eigenvalue weighted by Gasteiger charge is -2.21. The van der Waals surface area contributed by atoms with E-state index in [1.54, 1.807) is 55.8 Å². The molecule has 0 unspecified atom stereocenters. The molecule has 11 nitrogen and oxygen atoms in total. The number of benzene rings is 2. The van der Waals surface area contributed by atoms with E-state index < -0.39 is 17.5 Å². The van der Waals surface area contributed by atoms with Gasteiger partial charge in [-0.1, -0.05) is 37.0 Å². The van der Waals surface area contributed by atoms with E-state index in [9.17, 15) is 9.59 Å². The molecule has 3 atom stereocenters. The van der Waals surface area contributed by atoms with E-state index in [0.717, 1.165) is 0 Å². The second kappa shape index (κ2) is 11.5. The summed E-state index contributed by atoms with van der Waals surface area (Å²) in [5, 5.41) is 14.1. The van der Waals surface area contributed by atoms with Crippen LogP contribution in [0.2, 0.25) is 10.0 Å². The van der Waals surface area contributed by atoms with Crippen LogP contribution in [-0.4, -0.2) is 47.2 Å². The van der Waals surface area contributed by atoms with Gasteiger partial charge in [-0.15, -0.1) is 5.10 Å². The standard InChI is InChI=1S/C31H29Cl2FN8O3/c1-15-16(2)29-37-22(20-11-18(32)6-9-24(20)41-14-36-39-40-41)12-25(43)42(29)28(15)23-10-17(13-35-23)19-7-8-21(26(33)27(19)34)38-30(44)45-31(3,4)5/h6-9,11-16,28H,10H2,1-5H3,(H,38,44)/t15-,16+,28-/m0/s1. The van der Waals surface area contributed by atoms with E-state index in [0.29, 0.717) is 45.5 Å². The second-order valence-corrected chi connectivity index (χ2v) is 12.9. The Kier molecular flexibility index (Phi) is 7.82.